The highest BCUT2D eigenvalue weighted by Crippen LogP contribution is 2.06. The molecule has 4 nitrogen and oxygen atoms in total. The van der Waals surface area contributed by atoms with Gasteiger partial charge in [0, 0.05) is 31.5 Å². The summed E-state index contributed by atoms with van der Waals surface area (Å²) >= 11 is 3.39. The molecule has 1 aliphatic rings. The Labute approximate surface area is 94.4 Å². The lowest BCUT2D eigenvalue weighted by Gasteiger charge is -2.19. The summed E-state index contributed by atoms with van der Waals surface area (Å²) in [4.78, 5) is 2.29. The lowest BCUT2D eigenvalue weighted by atomic mass is 10.4. The molecule has 1 saturated heterocycles. The van der Waals surface area contributed by atoms with Crippen LogP contribution < -0.4 is 0 Å². The maximum atomic E-state index is 11.3. The van der Waals surface area contributed by atoms with Gasteiger partial charge >= 0.3 is 0 Å². The number of nitrogens with zero attached hydrogens (tertiary/aromatic N) is 2. The van der Waals surface area contributed by atoms with E-state index in [1.165, 1.54) is 6.26 Å². The molecule has 6 heteroatoms. The second kappa shape index (κ2) is 5.44. The Hall–Kier alpha value is 0.350. The van der Waals surface area contributed by atoms with Crippen molar-refractivity contribution >= 4 is 26.0 Å². The van der Waals surface area contributed by atoms with E-state index in [-0.39, 0.29) is 0 Å². The first-order valence-electron chi connectivity index (χ1n) is 4.77. The van der Waals surface area contributed by atoms with Crippen LogP contribution in [-0.4, -0.2) is 61.9 Å². The summed E-state index contributed by atoms with van der Waals surface area (Å²) in [5.74, 6) is 0. The van der Waals surface area contributed by atoms with Crippen molar-refractivity contribution in [2.45, 2.75) is 6.42 Å². The molecule has 0 spiro atoms. The topological polar surface area (TPSA) is 40.6 Å². The van der Waals surface area contributed by atoms with Gasteiger partial charge in [-0.25, -0.2) is 12.7 Å². The molecule has 0 amide bonds. The number of alkyl halides is 1. The Bertz CT molecular complexity index is 269. The van der Waals surface area contributed by atoms with Crippen LogP contribution in [0.1, 0.15) is 6.42 Å². The minimum atomic E-state index is -2.99. The molecule has 0 aromatic heterocycles. The molecule has 1 fully saturated rings. The summed E-state index contributed by atoms with van der Waals surface area (Å²) in [6.45, 7) is 4.14. The maximum Gasteiger partial charge on any atom is 0.211 e. The first-order valence-corrected chi connectivity index (χ1v) is 7.74. The van der Waals surface area contributed by atoms with Crippen LogP contribution in [0.15, 0.2) is 0 Å². The van der Waals surface area contributed by atoms with Gasteiger partial charge in [-0.15, -0.1) is 0 Å². The van der Waals surface area contributed by atoms with Crippen molar-refractivity contribution < 1.29 is 8.42 Å². The Morgan fingerprint density at radius 1 is 1.21 bits per heavy atom. The Kier molecular flexibility index (Phi) is 4.82. The summed E-state index contributed by atoms with van der Waals surface area (Å²) < 4.78 is 24.2. The highest BCUT2D eigenvalue weighted by molar-refractivity contribution is 9.09. The van der Waals surface area contributed by atoms with E-state index in [0.29, 0.717) is 13.1 Å². The van der Waals surface area contributed by atoms with Gasteiger partial charge in [-0.2, -0.15) is 0 Å². The minimum absolute atomic E-state index is 0.631. The molecule has 0 bridgehead atoms. The van der Waals surface area contributed by atoms with E-state index in [9.17, 15) is 8.42 Å². The van der Waals surface area contributed by atoms with E-state index in [1.807, 2.05) is 0 Å². The predicted molar refractivity (Wildman–Crippen MR) is 61.3 cm³/mol. The number of sulfonamides is 1. The summed E-state index contributed by atoms with van der Waals surface area (Å²) in [6.07, 6.45) is 2.22. The molecule has 84 valence electrons. The van der Waals surface area contributed by atoms with E-state index in [2.05, 4.69) is 20.8 Å². The van der Waals surface area contributed by atoms with Gasteiger partial charge in [-0.1, -0.05) is 15.9 Å². The van der Waals surface area contributed by atoms with Crippen LogP contribution in [-0.2, 0) is 10.0 Å². The van der Waals surface area contributed by atoms with E-state index < -0.39 is 10.0 Å². The molecule has 0 unspecified atom stereocenters. The first kappa shape index (κ1) is 12.4. The molecule has 0 radical (unpaired) electrons. The van der Waals surface area contributed by atoms with Gasteiger partial charge in [-0.3, -0.25) is 0 Å². The molecule has 0 saturated carbocycles. The number of rotatable bonds is 3. The van der Waals surface area contributed by atoms with Gasteiger partial charge in [0.25, 0.3) is 0 Å². The molecule has 0 N–H and O–H groups in total. The van der Waals surface area contributed by atoms with Gasteiger partial charge in [0.05, 0.1) is 6.26 Å². The van der Waals surface area contributed by atoms with Gasteiger partial charge in [0.2, 0.25) is 10.0 Å². The zero-order valence-electron chi connectivity index (χ0n) is 8.45. The molecule has 0 aromatic rings. The Balaban J connectivity index is 2.49. The number of hydrogen-bond donors (Lipinski definition) is 0. The summed E-state index contributed by atoms with van der Waals surface area (Å²) in [7, 11) is -2.99. The number of hydrogen-bond acceptors (Lipinski definition) is 3. The predicted octanol–water partition coefficient (Wildman–Crippen LogP) is 0.349. The van der Waals surface area contributed by atoms with E-state index in [0.717, 1.165) is 31.4 Å². The summed E-state index contributed by atoms with van der Waals surface area (Å²) in [5, 5.41) is 0.950. The van der Waals surface area contributed by atoms with Gasteiger partial charge in [0.15, 0.2) is 0 Å². The van der Waals surface area contributed by atoms with E-state index in [4.69, 9.17) is 0 Å². The normalized spacial score (nSPS) is 22.1. The molecular weight excluding hydrogens is 268 g/mol. The summed E-state index contributed by atoms with van der Waals surface area (Å²) in [5.41, 5.74) is 0. The smallest absolute Gasteiger partial charge is 0.211 e. The first-order chi connectivity index (χ1) is 6.54. The maximum absolute atomic E-state index is 11.3. The fraction of sp³-hybridized carbons (Fsp3) is 1.00. The van der Waals surface area contributed by atoms with Crippen LogP contribution in [0.3, 0.4) is 0 Å². The lowest BCUT2D eigenvalue weighted by Crippen LogP contribution is -2.34. The van der Waals surface area contributed by atoms with Gasteiger partial charge < -0.3 is 4.90 Å². The largest absolute Gasteiger partial charge is 0.301 e. The van der Waals surface area contributed by atoms with Crippen LogP contribution in [0.5, 0.6) is 0 Å². The third kappa shape index (κ3) is 3.84. The van der Waals surface area contributed by atoms with Crippen molar-refractivity contribution in [3.05, 3.63) is 0 Å². The third-order valence-corrected chi connectivity index (χ3v) is 4.08. The van der Waals surface area contributed by atoms with Crippen molar-refractivity contribution in [1.82, 2.24) is 9.21 Å². The van der Waals surface area contributed by atoms with Gasteiger partial charge in [-0.05, 0) is 13.0 Å². The van der Waals surface area contributed by atoms with E-state index >= 15 is 0 Å². The second-order valence-corrected chi connectivity index (χ2v) is 6.32. The molecule has 0 atom stereocenters. The molecular formula is C8H17BrN2O2S. The third-order valence-electron chi connectivity index (χ3n) is 2.42. The fourth-order valence-corrected chi connectivity index (χ4v) is 3.00. The minimum Gasteiger partial charge on any atom is -0.301 e. The fourth-order valence-electron chi connectivity index (χ4n) is 1.62. The van der Waals surface area contributed by atoms with Crippen LogP contribution in [0.2, 0.25) is 0 Å². The van der Waals surface area contributed by atoms with Crippen LogP contribution in [0.4, 0.5) is 0 Å². The quantitative estimate of drug-likeness (QED) is 0.703. The summed E-state index contributed by atoms with van der Waals surface area (Å²) in [6, 6.07) is 0. The highest BCUT2D eigenvalue weighted by atomic mass is 79.9. The van der Waals surface area contributed by atoms with Crippen LogP contribution in [0, 0.1) is 0 Å². The van der Waals surface area contributed by atoms with Crippen molar-refractivity contribution in [2.75, 3.05) is 44.3 Å². The average molecular weight is 285 g/mol. The molecule has 1 rings (SSSR count). The Morgan fingerprint density at radius 3 is 2.50 bits per heavy atom. The SMILES string of the molecule is CS(=O)(=O)N1CCCN(CCBr)CC1. The van der Waals surface area contributed by atoms with Crippen molar-refractivity contribution in [3.63, 3.8) is 0 Å². The van der Waals surface area contributed by atoms with E-state index in [1.54, 1.807) is 4.31 Å². The van der Waals surface area contributed by atoms with Crippen molar-refractivity contribution in [3.8, 4) is 0 Å². The van der Waals surface area contributed by atoms with Crippen LogP contribution >= 0.6 is 15.9 Å². The molecule has 0 aliphatic carbocycles. The Morgan fingerprint density at radius 2 is 1.93 bits per heavy atom. The van der Waals surface area contributed by atoms with Gasteiger partial charge in [0.1, 0.15) is 0 Å². The molecule has 1 aliphatic heterocycles. The number of halogens is 1. The van der Waals surface area contributed by atoms with Crippen molar-refractivity contribution in [2.24, 2.45) is 0 Å². The zero-order valence-corrected chi connectivity index (χ0v) is 10.8. The average Bonchev–Trinajstić information content (AvgIpc) is 2.29. The van der Waals surface area contributed by atoms with Crippen molar-refractivity contribution in [1.29, 1.82) is 0 Å². The monoisotopic (exact) mass is 284 g/mol. The molecule has 1 heterocycles. The second-order valence-electron chi connectivity index (χ2n) is 3.55. The zero-order chi connectivity index (χ0) is 10.6. The standard InChI is InChI=1S/C8H17BrN2O2S/c1-14(12,13)11-5-2-4-10(6-3-9)7-8-11/h2-8H2,1H3. The molecule has 0 aromatic carbocycles. The van der Waals surface area contributed by atoms with Crippen LogP contribution in [0.25, 0.3) is 0 Å². The highest BCUT2D eigenvalue weighted by Gasteiger charge is 2.20. The molecule has 14 heavy (non-hydrogen) atoms. The lowest BCUT2D eigenvalue weighted by molar-refractivity contribution is 0.305.